The molecule has 0 radical (unpaired) electrons. The van der Waals surface area contributed by atoms with E-state index in [1.54, 1.807) is 5.32 Å². The number of nitrogens with two attached hydrogens (primary N) is 1. The highest BCUT2D eigenvalue weighted by molar-refractivity contribution is 5.96. The van der Waals surface area contributed by atoms with Crippen LogP contribution in [0.5, 0.6) is 17.2 Å². The van der Waals surface area contributed by atoms with Gasteiger partial charge in [0.05, 0.1) is 26.9 Å². The van der Waals surface area contributed by atoms with E-state index in [2.05, 4.69) is 0 Å². The average Bonchev–Trinajstić information content (AvgIpc) is 2.50. The third-order valence-corrected chi connectivity index (χ3v) is 2.50. The van der Waals surface area contributed by atoms with Gasteiger partial charge < -0.3 is 24.7 Å². The molecule has 0 aromatic heterocycles. The normalized spacial score (nSPS) is 9.59. The summed E-state index contributed by atoms with van der Waals surface area (Å²) in [5, 5.41) is 1.77. The van der Waals surface area contributed by atoms with Crippen molar-refractivity contribution in [2.24, 2.45) is 5.73 Å². The predicted molar refractivity (Wildman–Crippen MR) is 74.1 cm³/mol. The van der Waals surface area contributed by atoms with Crippen molar-refractivity contribution in [1.82, 2.24) is 5.32 Å². The molecule has 1 aromatic rings. The van der Waals surface area contributed by atoms with E-state index in [0.717, 1.165) is 0 Å². The number of hydrogen-bond acceptors (Lipinski definition) is 7. The van der Waals surface area contributed by atoms with Gasteiger partial charge in [-0.15, -0.1) is 0 Å². The molecule has 0 aliphatic rings. The van der Waals surface area contributed by atoms with Gasteiger partial charge in [0.2, 0.25) is 5.75 Å². The first-order chi connectivity index (χ1) is 10.4. The lowest BCUT2D eigenvalue weighted by molar-refractivity contribution is -0.123. The number of esters is 1. The van der Waals surface area contributed by atoms with Gasteiger partial charge in [0.15, 0.2) is 18.1 Å². The molecule has 3 amide bonds. The van der Waals surface area contributed by atoms with Crippen molar-refractivity contribution in [1.29, 1.82) is 0 Å². The zero-order valence-corrected chi connectivity index (χ0v) is 12.3. The van der Waals surface area contributed by atoms with E-state index in [1.165, 1.54) is 33.5 Å². The fraction of sp³-hybridized carbons (Fsp3) is 0.308. The Morgan fingerprint density at radius 3 is 2.00 bits per heavy atom. The summed E-state index contributed by atoms with van der Waals surface area (Å²) in [6.45, 7) is -0.654. The zero-order chi connectivity index (χ0) is 16.7. The van der Waals surface area contributed by atoms with Crippen molar-refractivity contribution in [3.8, 4) is 17.2 Å². The van der Waals surface area contributed by atoms with Gasteiger partial charge in [-0.2, -0.15) is 0 Å². The van der Waals surface area contributed by atoms with Crippen LogP contribution in [0.25, 0.3) is 0 Å². The van der Waals surface area contributed by atoms with Crippen LogP contribution >= 0.6 is 0 Å². The minimum atomic E-state index is -1.03. The van der Waals surface area contributed by atoms with E-state index >= 15 is 0 Å². The van der Waals surface area contributed by atoms with Crippen LogP contribution in [-0.2, 0) is 9.53 Å². The predicted octanol–water partition coefficient (Wildman–Crippen LogP) is 0.0641. The molecular formula is C13H16N2O7. The second-order valence-electron chi connectivity index (χ2n) is 3.90. The fourth-order valence-corrected chi connectivity index (χ4v) is 1.59. The number of rotatable bonds is 6. The number of imide groups is 1. The largest absolute Gasteiger partial charge is 0.493 e. The summed E-state index contributed by atoms with van der Waals surface area (Å²) in [5.74, 6) is -0.814. The maximum Gasteiger partial charge on any atom is 0.338 e. The van der Waals surface area contributed by atoms with Crippen molar-refractivity contribution < 1.29 is 33.3 Å². The number of ether oxygens (including phenoxy) is 4. The molecular weight excluding hydrogens is 296 g/mol. The van der Waals surface area contributed by atoms with Gasteiger partial charge in [0.1, 0.15) is 0 Å². The Hall–Kier alpha value is -2.97. The smallest absolute Gasteiger partial charge is 0.338 e. The maximum absolute atomic E-state index is 11.9. The van der Waals surface area contributed by atoms with Gasteiger partial charge in [-0.3, -0.25) is 10.1 Å². The van der Waals surface area contributed by atoms with E-state index in [9.17, 15) is 14.4 Å². The summed E-state index contributed by atoms with van der Waals surface area (Å²) < 4.78 is 20.1. The Bertz CT molecular complexity index is 561. The van der Waals surface area contributed by atoms with Crippen LogP contribution in [0.4, 0.5) is 4.79 Å². The van der Waals surface area contributed by atoms with E-state index < -0.39 is 24.5 Å². The van der Waals surface area contributed by atoms with E-state index in [0.29, 0.717) is 5.75 Å². The lowest BCUT2D eigenvalue weighted by atomic mass is 10.2. The van der Waals surface area contributed by atoms with Crippen molar-refractivity contribution in [3.05, 3.63) is 17.7 Å². The molecule has 0 aliphatic heterocycles. The second-order valence-corrected chi connectivity index (χ2v) is 3.90. The summed E-state index contributed by atoms with van der Waals surface area (Å²) in [7, 11) is 4.21. The number of primary amides is 1. The van der Waals surface area contributed by atoms with Crippen LogP contribution in [0.2, 0.25) is 0 Å². The van der Waals surface area contributed by atoms with Crippen molar-refractivity contribution >= 4 is 17.9 Å². The molecule has 0 saturated heterocycles. The molecule has 0 saturated carbocycles. The monoisotopic (exact) mass is 312 g/mol. The van der Waals surface area contributed by atoms with Crippen LogP contribution in [-0.4, -0.2) is 45.8 Å². The molecule has 120 valence electrons. The number of amides is 3. The molecule has 0 fully saturated rings. The highest BCUT2D eigenvalue weighted by Gasteiger charge is 2.18. The van der Waals surface area contributed by atoms with Gasteiger partial charge in [0, 0.05) is 0 Å². The molecule has 3 N–H and O–H groups in total. The summed E-state index contributed by atoms with van der Waals surface area (Å²) >= 11 is 0. The molecule has 0 unspecified atom stereocenters. The summed E-state index contributed by atoms with van der Waals surface area (Å²) in [4.78, 5) is 33.5. The molecule has 1 rings (SSSR count). The fourth-order valence-electron chi connectivity index (χ4n) is 1.59. The van der Waals surface area contributed by atoms with Gasteiger partial charge in [0.25, 0.3) is 5.91 Å². The SMILES string of the molecule is COc1cc(C(=O)OCC(=O)NC(N)=O)cc(OC)c1OC. The summed E-state index contributed by atoms with van der Waals surface area (Å²) in [6.07, 6.45) is 0. The summed E-state index contributed by atoms with van der Waals surface area (Å²) in [5.41, 5.74) is 4.84. The van der Waals surface area contributed by atoms with Crippen LogP contribution in [0.3, 0.4) is 0 Å². The molecule has 9 nitrogen and oxygen atoms in total. The van der Waals surface area contributed by atoms with Gasteiger partial charge in [-0.25, -0.2) is 9.59 Å². The Labute approximate surface area is 126 Å². The minimum absolute atomic E-state index is 0.0846. The maximum atomic E-state index is 11.9. The summed E-state index contributed by atoms with van der Waals surface area (Å²) in [6, 6.07) is 1.71. The third kappa shape index (κ3) is 4.27. The third-order valence-electron chi connectivity index (χ3n) is 2.50. The second kappa shape index (κ2) is 7.72. The van der Waals surface area contributed by atoms with Crippen LogP contribution < -0.4 is 25.3 Å². The number of urea groups is 1. The minimum Gasteiger partial charge on any atom is -0.493 e. The molecule has 1 aromatic carbocycles. The molecule has 0 bridgehead atoms. The molecule has 0 atom stereocenters. The molecule has 9 heteroatoms. The molecule has 0 heterocycles. The highest BCUT2D eigenvalue weighted by Crippen LogP contribution is 2.38. The number of hydrogen-bond donors (Lipinski definition) is 2. The topological polar surface area (TPSA) is 126 Å². The van der Waals surface area contributed by atoms with Crippen molar-refractivity contribution in [2.45, 2.75) is 0 Å². The Balaban J connectivity index is 2.89. The number of carbonyl (C=O) groups excluding carboxylic acids is 3. The average molecular weight is 312 g/mol. The molecule has 0 aliphatic carbocycles. The number of benzene rings is 1. The molecule has 22 heavy (non-hydrogen) atoms. The van der Waals surface area contributed by atoms with E-state index in [1.807, 2.05) is 0 Å². The van der Waals surface area contributed by atoms with Crippen molar-refractivity contribution in [3.63, 3.8) is 0 Å². The van der Waals surface area contributed by atoms with Crippen LogP contribution in [0.15, 0.2) is 12.1 Å². The van der Waals surface area contributed by atoms with Gasteiger partial charge >= 0.3 is 12.0 Å². The highest BCUT2D eigenvalue weighted by atomic mass is 16.5. The first-order valence-electron chi connectivity index (χ1n) is 5.99. The van der Waals surface area contributed by atoms with E-state index in [-0.39, 0.29) is 17.1 Å². The van der Waals surface area contributed by atoms with Crippen LogP contribution in [0.1, 0.15) is 10.4 Å². The van der Waals surface area contributed by atoms with Crippen molar-refractivity contribution in [2.75, 3.05) is 27.9 Å². The number of methoxy groups -OCH3 is 3. The first kappa shape index (κ1) is 17.1. The number of nitrogens with one attached hydrogen (secondary N) is 1. The first-order valence-corrected chi connectivity index (χ1v) is 5.99. The zero-order valence-electron chi connectivity index (χ0n) is 12.3. The lowest BCUT2D eigenvalue weighted by Crippen LogP contribution is -2.37. The Morgan fingerprint density at radius 2 is 1.59 bits per heavy atom. The van der Waals surface area contributed by atoms with Gasteiger partial charge in [-0.05, 0) is 12.1 Å². The Kier molecular flexibility index (Phi) is 5.99. The van der Waals surface area contributed by atoms with E-state index in [4.69, 9.17) is 24.7 Å². The lowest BCUT2D eigenvalue weighted by Gasteiger charge is -2.13. The van der Waals surface area contributed by atoms with Crippen LogP contribution in [0, 0.1) is 0 Å². The quantitative estimate of drug-likeness (QED) is 0.711. The Morgan fingerprint density at radius 1 is 1.05 bits per heavy atom. The molecule has 0 spiro atoms. The number of carbonyl (C=O) groups is 3. The van der Waals surface area contributed by atoms with Gasteiger partial charge in [-0.1, -0.05) is 0 Å². The standard InChI is InChI=1S/C13H16N2O7/c1-19-8-4-7(5-9(20-2)11(8)21-3)12(17)22-6-10(16)15-13(14)18/h4-5H,6H2,1-3H3,(H3,14,15,16,18).